The van der Waals surface area contributed by atoms with Gasteiger partial charge in [-0.1, -0.05) is 31.2 Å². The van der Waals surface area contributed by atoms with Crippen molar-refractivity contribution in [2.45, 2.75) is 26.2 Å². The molecule has 116 valence electrons. The summed E-state index contributed by atoms with van der Waals surface area (Å²) in [5, 5.41) is 3.21. The molecule has 0 radical (unpaired) electrons. The van der Waals surface area contributed by atoms with Gasteiger partial charge in [-0.3, -0.25) is 9.59 Å². The number of benzene rings is 1. The summed E-state index contributed by atoms with van der Waals surface area (Å²) in [7, 11) is 0. The number of hydrogen-bond donors (Lipinski definition) is 1. The van der Waals surface area contributed by atoms with Crippen LogP contribution in [0.4, 0.5) is 0 Å². The van der Waals surface area contributed by atoms with E-state index in [-0.39, 0.29) is 24.1 Å². The van der Waals surface area contributed by atoms with E-state index in [2.05, 4.69) is 12.2 Å². The predicted octanol–water partition coefficient (Wildman–Crippen LogP) is 2.07. The highest BCUT2D eigenvalue weighted by molar-refractivity contribution is 5.98. The Hall–Kier alpha value is -1.39. The van der Waals surface area contributed by atoms with E-state index in [0.29, 0.717) is 18.4 Å². The lowest BCUT2D eigenvalue weighted by molar-refractivity contribution is -0.131. The largest absolute Gasteiger partial charge is 0.340 e. The maximum atomic E-state index is 12.0. The van der Waals surface area contributed by atoms with Crippen molar-refractivity contribution < 1.29 is 9.59 Å². The number of carbonyl (C=O) groups is 2. The van der Waals surface area contributed by atoms with E-state index < -0.39 is 0 Å². The zero-order valence-electron chi connectivity index (χ0n) is 12.4. The molecule has 4 nitrogen and oxygen atoms in total. The van der Waals surface area contributed by atoms with Gasteiger partial charge in [0.1, 0.15) is 0 Å². The Bertz CT molecular complexity index is 468. The van der Waals surface area contributed by atoms with Crippen LogP contribution in [0.25, 0.3) is 0 Å². The highest BCUT2D eigenvalue weighted by Crippen LogP contribution is 2.10. The molecule has 1 heterocycles. The molecule has 0 atom stereocenters. The number of amides is 1. The molecular formula is C16H23ClN2O2. The molecule has 0 unspecified atom stereocenters. The van der Waals surface area contributed by atoms with Crippen LogP contribution in [0.3, 0.4) is 0 Å². The maximum Gasteiger partial charge on any atom is 0.223 e. The maximum absolute atomic E-state index is 12.0. The first-order valence-electron chi connectivity index (χ1n) is 7.31. The van der Waals surface area contributed by atoms with E-state index >= 15 is 0 Å². The second-order valence-electron chi connectivity index (χ2n) is 5.10. The minimum atomic E-state index is 0. The van der Waals surface area contributed by atoms with Crippen LogP contribution in [-0.2, 0) is 11.2 Å². The van der Waals surface area contributed by atoms with Crippen molar-refractivity contribution in [3.8, 4) is 0 Å². The number of rotatable bonds is 5. The van der Waals surface area contributed by atoms with Gasteiger partial charge in [-0.15, -0.1) is 12.4 Å². The Balaban J connectivity index is 0.00000220. The topological polar surface area (TPSA) is 49.4 Å². The van der Waals surface area contributed by atoms with Crippen molar-refractivity contribution in [3.63, 3.8) is 0 Å². The fourth-order valence-corrected chi connectivity index (χ4v) is 2.36. The summed E-state index contributed by atoms with van der Waals surface area (Å²) in [6.07, 6.45) is 1.58. The summed E-state index contributed by atoms with van der Waals surface area (Å²) in [5.41, 5.74) is 1.92. The summed E-state index contributed by atoms with van der Waals surface area (Å²) < 4.78 is 0. The van der Waals surface area contributed by atoms with Gasteiger partial charge in [0.05, 0.1) is 0 Å². The minimum absolute atomic E-state index is 0. The van der Waals surface area contributed by atoms with Gasteiger partial charge in [0.15, 0.2) is 5.78 Å². The van der Waals surface area contributed by atoms with Gasteiger partial charge in [-0.2, -0.15) is 0 Å². The van der Waals surface area contributed by atoms with Crippen LogP contribution in [-0.4, -0.2) is 42.8 Å². The SMILES string of the molecule is CCc1ccc(C(=O)CCC(=O)N2CCNCC2)cc1.Cl. The summed E-state index contributed by atoms with van der Waals surface area (Å²) >= 11 is 0. The first kappa shape index (κ1) is 17.7. The second-order valence-corrected chi connectivity index (χ2v) is 5.10. The molecule has 1 aliphatic rings. The van der Waals surface area contributed by atoms with Gasteiger partial charge in [-0.25, -0.2) is 0 Å². The molecule has 1 aromatic carbocycles. The monoisotopic (exact) mass is 310 g/mol. The van der Waals surface area contributed by atoms with Gasteiger partial charge in [0.25, 0.3) is 0 Å². The number of aryl methyl sites for hydroxylation is 1. The van der Waals surface area contributed by atoms with Gasteiger partial charge in [0.2, 0.25) is 5.91 Å². The molecule has 0 bridgehead atoms. The standard InChI is InChI=1S/C16H22N2O2.ClH/c1-2-13-3-5-14(6-4-13)15(19)7-8-16(20)18-11-9-17-10-12-18;/h3-6,17H,2,7-12H2,1H3;1H. The van der Waals surface area contributed by atoms with Crippen molar-refractivity contribution >= 4 is 24.1 Å². The molecular weight excluding hydrogens is 288 g/mol. The number of nitrogens with zero attached hydrogens (tertiary/aromatic N) is 1. The molecule has 1 fully saturated rings. The summed E-state index contributed by atoms with van der Waals surface area (Å²) in [4.78, 5) is 25.9. The Labute approximate surface area is 132 Å². The van der Waals surface area contributed by atoms with Crippen molar-refractivity contribution in [2.75, 3.05) is 26.2 Å². The average molecular weight is 311 g/mol. The molecule has 1 amide bonds. The molecule has 2 rings (SSSR count). The third-order valence-electron chi connectivity index (χ3n) is 3.72. The van der Waals surface area contributed by atoms with Crippen LogP contribution in [0.15, 0.2) is 24.3 Å². The highest BCUT2D eigenvalue weighted by atomic mass is 35.5. The van der Waals surface area contributed by atoms with Gasteiger partial charge in [-0.05, 0) is 12.0 Å². The van der Waals surface area contributed by atoms with E-state index in [1.54, 1.807) is 0 Å². The molecule has 21 heavy (non-hydrogen) atoms. The molecule has 1 aliphatic heterocycles. The number of piperazine rings is 1. The highest BCUT2D eigenvalue weighted by Gasteiger charge is 2.17. The quantitative estimate of drug-likeness (QED) is 0.847. The second kappa shape index (κ2) is 8.80. The van der Waals surface area contributed by atoms with Crippen molar-refractivity contribution in [3.05, 3.63) is 35.4 Å². The fourth-order valence-electron chi connectivity index (χ4n) is 2.36. The Morgan fingerprint density at radius 1 is 1.10 bits per heavy atom. The van der Waals surface area contributed by atoms with Gasteiger partial charge in [0, 0.05) is 44.6 Å². The first-order valence-corrected chi connectivity index (χ1v) is 7.31. The summed E-state index contributed by atoms with van der Waals surface area (Å²) in [5.74, 6) is 0.140. The third-order valence-corrected chi connectivity index (χ3v) is 3.72. The molecule has 1 N–H and O–H groups in total. The van der Waals surface area contributed by atoms with E-state index in [0.717, 1.165) is 32.6 Å². The minimum Gasteiger partial charge on any atom is -0.340 e. The van der Waals surface area contributed by atoms with Crippen molar-refractivity contribution in [2.24, 2.45) is 0 Å². The molecule has 5 heteroatoms. The molecule has 0 aromatic heterocycles. The van der Waals surface area contributed by atoms with E-state index in [1.807, 2.05) is 29.2 Å². The van der Waals surface area contributed by atoms with E-state index in [1.165, 1.54) is 5.56 Å². The molecule has 0 saturated carbocycles. The Morgan fingerprint density at radius 3 is 2.29 bits per heavy atom. The van der Waals surface area contributed by atoms with Crippen LogP contribution in [0.5, 0.6) is 0 Å². The molecule has 0 aliphatic carbocycles. The number of Topliss-reactive ketones (excluding diaryl/α,β-unsaturated/α-hetero) is 1. The fraction of sp³-hybridized carbons (Fsp3) is 0.500. The zero-order valence-corrected chi connectivity index (χ0v) is 13.2. The van der Waals surface area contributed by atoms with Crippen LogP contribution in [0, 0.1) is 0 Å². The lowest BCUT2D eigenvalue weighted by Gasteiger charge is -2.27. The van der Waals surface area contributed by atoms with Gasteiger partial charge >= 0.3 is 0 Å². The first-order chi connectivity index (χ1) is 9.70. The average Bonchev–Trinajstić information content (AvgIpc) is 2.53. The number of carbonyl (C=O) groups excluding carboxylic acids is 2. The van der Waals surface area contributed by atoms with Gasteiger partial charge < -0.3 is 10.2 Å². The molecule has 1 aromatic rings. The van der Waals surface area contributed by atoms with Crippen LogP contribution >= 0.6 is 12.4 Å². The Morgan fingerprint density at radius 2 is 1.71 bits per heavy atom. The molecule has 0 spiro atoms. The van der Waals surface area contributed by atoms with Crippen molar-refractivity contribution in [1.29, 1.82) is 0 Å². The summed E-state index contributed by atoms with van der Waals surface area (Å²) in [6.45, 7) is 5.27. The number of hydrogen-bond acceptors (Lipinski definition) is 3. The number of nitrogens with one attached hydrogen (secondary N) is 1. The van der Waals surface area contributed by atoms with Crippen molar-refractivity contribution in [1.82, 2.24) is 10.2 Å². The van der Waals surface area contributed by atoms with E-state index in [4.69, 9.17) is 0 Å². The third kappa shape index (κ3) is 5.14. The smallest absolute Gasteiger partial charge is 0.223 e. The van der Waals surface area contributed by atoms with Crippen LogP contribution in [0.1, 0.15) is 35.7 Å². The normalized spacial score (nSPS) is 14.4. The predicted molar refractivity (Wildman–Crippen MR) is 86.1 cm³/mol. The van der Waals surface area contributed by atoms with Crippen LogP contribution in [0.2, 0.25) is 0 Å². The summed E-state index contributed by atoms with van der Waals surface area (Å²) in [6, 6.07) is 7.67. The lowest BCUT2D eigenvalue weighted by Crippen LogP contribution is -2.46. The van der Waals surface area contributed by atoms with E-state index in [9.17, 15) is 9.59 Å². The van der Waals surface area contributed by atoms with Crippen LogP contribution < -0.4 is 5.32 Å². The number of ketones is 1. The zero-order chi connectivity index (χ0) is 14.4. The Kier molecular flexibility index (Phi) is 7.40. The lowest BCUT2D eigenvalue weighted by atomic mass is 10.0. The molecule has 1 saturated heterocycles. The number of halogens is 1.